The highest BCUT2D eigenvalue weighted by molar-refractivity contribution is 5.68. The first kappa shape index (κ1) is 25.0. The van der Waals surface area contributed by atoms with Crippen LogP contribution in [0.2, 0.25) is 0 Å². The van der Waals surface area contributed by atoms with Gasteiger partial charge in [0.1, 0.15) is 18.1 Å². The molecule has 0 unspecified atom stereocenters. The number of aromatic nitrogens is 1. The van der Waals surface area contributed by atoms with Gasteiger partial charge in [0.2, 0.25) is 5.88 Å². The minimum Gasteiger partial charge on any atom is -0.467 e. The maximum Gasteiger partial charge on any atom is 0.232 e. The molecular formula is C26H37N3O4. The van der Waals surface area contributed by atoms with Crippen molar-refractivity contribution in [2.24, 2.45) is 0 Å². The van der Waals surface area contributed by atoms with Crippen LogP contribution in [0.15, 0.2) is 57.7 Å². The van der Waals surface area contributed by atoms with Crippen molar-refractivity contribution >= 4 is 5.88 Å². The second-order valence-electron chi connectivity index (χ2n) is 8.82. The van der Waals surface area contributed by atoms with Crippen LogP contribution in [-0.4, -0.2) is 53.6 Å². The van der Waals surface area contributed by atoms with Crippen LogP contribution in [0.3, 0.4) is 0 Å². The Hall–Kier alpha value is -2.61. The predicted molar refractivity (Wildman–Crippen MR) is 130 cm³/mol. The molecule has 1 N–H and O–H groups in total. The van der Waals surface area contributed by atoms with Crippen LogP contribution < -0.4 is 4.90 Å². The van der Waals surface area contributed by atoms with Gasteiger partial charge in [0, 0.05) is 37.8 Å². The number of benzene rings is 1. The third-order valence-electron chi connectivity index (χ3n) is 6.06. The summed E-state index contributed by atoms with van der Waals surface area (Å²) in [7, 11) is 2.02. The first-order valence-electron chi connectivity index (χ1n) is 11.7. The minimum atomic E-state index is -0.625. The smallest absolute Gasteiger partial charge is 0.232 e. The number of hydrogen-bond donors (Lipinski definition) is 1. The Bertz CT molecular complexity index is 940. The van der Waals surface area contributed by atoms with Crippen molar-refractivity contribution < 1.29 is 18.8 Å². The summed E-state index contributed by atoms with van der Waals surface area (Å²) in [5.41, 5.74) is 2.89. The molecule has 0 saturated heterocycles. The van der Waals surface area contributed by atoms with Crippen molar-refractivity contribution in [3.8, 4) is 11.3 Å². The Morgan fingerprint density at radius 1 is 1.09 bits per heavy atom. The fourth-order valence-electron chi connectivity index (χ4n) is 3.65. The third kappa shape index (κ3) is 6.69. The topological polar surface area (TPSA) is 75.1 Å². The van der Waals surface area contributed by atoms with E-state index in [1.54, 1.807) is 6.26 Å². The van der Waals surface area contributed by atoms with Gasteiger partial charge in [-0.25, -0.2) is 0 Å². The zero-order valence-corrected chi connectivity index (χ0v) is 20.4. The Morgan fingerprint density at radius 2 is 1.85 bits per heavy atom. The molecule has 7 heteroatoms. The lowest BCUT2D eigenvalue weighted by molar-refractivity contribution is -0.00269. The molecule has 33 heavy (non-hydrogen) atoms. The Labute approximate surface area is 196 Å². The summed E-state index contributed by atoms with van der Waals surface area (Å²) >= 11 is 0. The molecule has 0 fully saturated rings. The lowest BCUT2D eigenvalue weighted by atomic mass is 10.1. The second kappa shape index (κ2) is 12.0. The van der Waals surface area contributed by atoms with E-state index >= 15 is 0 Å². The highest BCUT2D eigenvalue weighted by Gasteiger charge is 2.26. The zero-order chi connectivity index (χ0) is 23.8. The Morgan fingerprint density at radius 3 is 2.48 bits per heavy atom. The molecule has 0 aliphatic carbocycles. The summed E-state index contributed by atoms with van der Waals surface area (Å²) in [6.45, 7) is 10.3. The monoisotopic (exact) mass is 455 g/mol. The highest BCUT2D eigenvalue weighted by atomic mass is 16.5. The van der Waals surface area contributed by atoms with Gasteiger partial charge >= 0.3 is 0 Å². The SMILES string of the molecule is CC[C@H](C)N(Cc1c(-c2ccccc2)noc1N(C)C(C)C)C[C@@H](O)COCc1ccco1. The number of anilines is 1. The van der Waals surface area contributed by atoms with Crippen molar-refractivity contribution in [2.45, 2.75) is 65.5 Å². The molecular weight excluding hydrogens is 418 g/mol. The second-order valence-corrected chi connectivity index (χ2v) is 8.82. The molecule has 0 aliphatic rings. The van der Waals surface area contributed by atoms with Crippen molar-refractivity contribution in [1.82, 2.24) is 10.1 Å². The number of hydrogen-bond acceptors (Lipinski definition) is 7. The van der Waals surface area contributed by atoms with E-state index in [2.05, 4.69) is 42.7 Å². The van der Waals surface area contributed by atoms with Crippen molar-refractivity contribution in [2.75, 3.05) is 25.1 Å². The molecule has 2 atom stereocenters. The van der Waals surface area contributed by atoms with E-state index in [1.807, 2.05) is 49.5 Å². The summed E-state index contributed by atoms with van der Waals surface area (Å²) in [6.07, 6.45) is 1.95. The van der Waals surface area contributed by atoms with Crippen LogP contribution in [0, 0.1) is 0 Å². The molecule has 180 valence electrons. The zero-order valence-electron chi connectivity index (χ0n) is 20.4. The van der Waals surface area contributed by atoms with Gasteiger partial charge in [-0.1, -0.05) is 42.4 Å². The van der Waals surface area contributed by atoms with Gasteiger partial charge in [-0.3, -0.25) is 4.90 Å². The summed E-state index contributed by atoms with van der Waals surface area (Å²) in [5.74, 6) is 1.51. The van der Waals surface area contributed by atoms with E-state index in [9.17, 15) is 5.11 Å². The maximum absolute atomic E-state index is 10.7. The quantitative estimate of drug-likeness (QED) is 0.390. The van der Waals surface area contributed by atoms with E-state index in [0.717, 1.165) is 34.9 Å². The molecule has 7 nitrogen and oxygen atoms in total. The number of aliphatic hydroxyl groups is 1. The molecule has 0 spiro atoms. The van der Waals surface area contributed by atoms with E-state index in [0.29, 0.717) is 19.7 Å². The Kier molecular flexibility index (Phi) is 9.11. The molecule has 3 aromatic rings. The van der Waals surface area contributed by atoms with Gasteiger partial charge in [-0.05, 0) is 39.3 Å². The predicted octanol–water partition coefficient (Wildman–Crippen LogP) is 4.96. The minimum absolute atomic E-state index is 0.238. The van der Waals surface area contributed by atoms with Crippen LogP contribution in [0.1, 0.15) is 45.4 Å². The molecule has 0 saturated carbocycles. The lowest BCUT2D eigenvalue weighted by Crippen LogP contribution is -2.40. The summed E-state index contributed by atoms with van der Waals surface area (Å²) in [6, 6.07) is 14.3. The molecule has 0 radical (unpaired) electrons. The summed E-state index contributed by atoms with van der Waals surface area (Å²) in [5, 5.41) is 15.2. The van der Waals surface area contributed by atoms with Gasteiger partial charge in [0.25, 0.3) is 0 Å². The molecule has 2 aromatic heterocycles. The van der Waals surface area contributed by atoms with Crippen LogP contribution in [0.25, 0.3) is 11.3 Å². The first-order valence-corrected chi connectivity index (χ1v) is 11.7. The third-order valence-corrected chi connectivity index (χ3v) is 6.06. The number of aliphatic hydroxyl groups excluding tert-OH is 1. The largest absolute Gasteiger partial charge is 0.467 e. The molecule has 0 aliphatic heterocycles. The molecule has 2 heterocycles. The van der Waals surface area contributed by atoms with Crippen LogP contribution in [0.5, 0.6) is 0 Å². The van der Waals surface area contributed by atoms with Crippen molar-refractivity contribution in [3.05, 3.63) is 60.1 Å². The summed E-state index contributed by atoms with van der Waals surface area (Å²) in [4.78, 5) is 4.38. The maximum atomic E-state index is 10.7. The van der Waals surface area contributed by atoms with Crippen molar-refractivity contribution in [3.63, 3.8) is 0 Å². The lowest BCUT2D eigenvalue weighted by Gasteiger charge is -2.31. The number of nitrogens with zero attached hydrogens (tertiary/aromatic N) is 3. The average Bonchev–Trinajstić information content (AvgIpc) is 3.48. The molecule has 1 aromatic carbocycles. The van der Waals surface area contributed by atoms with Crippen LogP contribution >= 0.6 is 0 Å². The standard InChI is InChI=1S/C26H37N3O4/c1-6-20(4)29(15-22(30)17-31-18-23-13-10-14-32-23)16-24-25(21-11-8-7-9-12-21)27-33-26(24)28(5)19(2)3/h7-14,19-20,22,30H,6,15-18H2,1-5H3/t20-,22+/m0/s1. The molecule has 0 amide bonds. The van der Waals surface area contributed by atoms with E-state index < -0.39 is 6.10 Å². The fourth-order valence-corrected chi connectivity index (χ4v) is 3.65. The van der Waals surface area contributed by atoms with E-state index in [-0.39, 0.29) is 18.7 Å². The average molecular weight is 456 g/mol. The number of rotatable bonds is 13. The normalized spacial score (nSPS) is 13.6. The first-order chi connectivity index (χ1) is 15.9. The number of furan rings is 1. The molecule has 0 bridgehead atoms. The fraction of sp³-hybridized carbons (Fsp3) is 0.500. The van der Waals surface area contributed by atoms with Gasteiger partial charge in [0.15, 0.2) is 0 Å². The van der Waals surface area contributed by atoms with Crippen LogP contribution in [-0.2, 0) is 17.9 Å². The van der Waals surface area contributed by atoms with Gasteiger partial charge in [-0.2, -0.15) is 0 Å². The number of ether oxygens (including phenoxy) is 1. The van der Waals surface area contributed by atoms with E-state index in [1.165, 1.54) is 0 Å². The highest BCUT2D eigenvalue weighted by Crippen LogP contribution is 2.33. The van der Waals surface area contributed by atoms with Gasteiger partial charge in [0.05, 0.1) is 24.5 Å². The van der Waals surface area contributed by atoms with Gasteiger partial charge in [-0.15, -0.1) is 0 Å². The molecule has 3 rings (SSSR count). The van der Waals surface area contributed by atoms with Crippen LogP contribution in [0.4, 0.5) is 5.88 Å². The van der Waals surface area contributed by atoms with E-state index in [4.69, 9.17) is 13.7 Å². The van der Waals surface area contributed by atoms with Crippen molar-refractivity contribution in [1.29, 1.82) is 0 Å². The van der Waals surface area contributed by atoms with Gasteiger partial charge < -0.3 is 23.7 Å². The summed E-state index contributed by atoms with van der Waals surface area (Å²) < 4.78 is 16.8. The Balaban J connectivity index is 1.79.